The Morgan fingerprint density at radius 1 is 0.833 bits per heavy atom. The molecule has 4 nitrogen and oxygen atoms in total. The molecule has 0 aliphatic rings. The fourth-order valence-electron chi connectivity index (χ4n) is 4.40. The number of hydrogen-bond donors (Lipinski definition) is 0. The topological polar surface area (TPSA) is 52.6 Å². The number of rotatable bonds is 11. The smallest absolute Gasteiger partial charge is 0.188 e. The lowest BCUT2D eigenvalue weighted by Crippen LogP contribution is -2.27. The molecule has 1 unspecified atom stereocenters. The SMILES string of the molecule is CCCc1c(C)c(OCc2ccccc2)c(C)c(C)c1OCC(C=C(C)C)S(=O)(=O)c1ccccc1. The van der Waals surface area contributed by atoms with Crippen LogP contribution in [0.25, 0.3) is 0 Å². The predicted octanol–water partition coefficient (Wildman–Crippen LogP) is 7.33. The van der Waals surface area contributed by atoms with Gasteiger partial charge in [0.2, 0.25) is 0 Å². The third-order valence-electron chi connectivity index (χ3n) is 6.42. The fourth-order valence-corrected chi connectivity index (χ4v) is 5.98. The van der Waals surface area contributed by atoms with Gasteiger partial charge in [-0.15, -0.1) is 0 Å². The van der Waals surface area contributed by atoms with Crippen LogP contribution < -0.4 is 9.47 Å². The summed E-state index contributed by atoms with van der Waals surface area (Å²) in [4.78, 5) is 0.304. The van der Waals surface area contributed by atoms with E-state index in [0.717, 1.165) is 57.7 Å². The van der Waals surface area contributed by atoms with Crippen LogP contribution in [0.5, 0.6) is 11.5 Å². The zero-order valence-corrected chi connectivity index (χ0v) is 23.1. The highest BCUT2D eigenvalue weighted by Gasteiger charge is 2.28. The van der Waals surface area contributed by atoms with Gasteiger partial charge in [0, 0.05) is 5.56 Å². The Morgan fingerprint density at radius 2 is 1.42 bits per heavy atom. The molecule has 5 heteroatoms. The maximum absolute atomic E-state index is 13.4. The summed E-state index contributed by atoms with van der Waals surface area (Å²) in [5.74, 6) is 1.65. The van der Waals surface area contributed by atoms with Gasteiger partial charge in [0.15, 0.2) is 9.84 Å². The number of allylic oxidation sites excluding steroid dienone is 1. The summed E-state index contributed by atoms with van der Waals surface area (Å²) >= 11 is 0. The van der Waals surface area contributed by atoms with Crippen molar-refractivity contribution in [3.05, 3.63) is 100 Å². The Bertz CT molecular complexity index is 1290. The van der Waals surface area contributed by atoms with Crippen molar-refractivity contribution in [2.24, 2.45) is 0 Å². The van der Waals surface area contributed by atoms with E-state index in [2.05, 4.69) is 26.0 Å². The van der Waals surface area contributed by atoms with Crippen LogP contribution >= 0.6 is 0 Å². The van der Waals surface area contributed by atoms with E-state index in [9.17, 15) is 8.42 Å². The van der Waals surface area contributed by atoms with Crippen molar-refractivity contribution < 1.29 is 17.9 Å². The van der Waals surface area contributed by atoms with Gasteiger partial charge < -0.3 is 9.47 Å². The van der Waals surface area contributed by atoms with Crippen LogP contribution in [0.3, 0.4) is 0 Å². The van der Waals surface area contributed by atoms with Crippen molar-refractivity contribution in [3.63, 3.8) is 0 Å². The number of benzene rings is 3. The van der Waals surface area contributed by atoms with Crippen LogP contribution in [0.15, 0.2) is 77.2 Å². The molecule has 192 valence electrons. The maximum Gasteiger partial charge on any atom is 0.188 e. The summed E-state index contributed by atoms with van der Waals surface area (Å²) in [7, 11) is -3.60. The minimum Gasteiger partial charge on any atom is -0.491 e. The van der Waals surface area contributed by atoms with Crippen molar-refractivity contribution in [1.82, 2.24) is 0 Å². The number of ether oxygens (including phenoxy) is 2. The van der Waals surface area contributed by atoms with Gasteiger partial charge in [-0.3, -0.25) is 0 Å². The van der Waals surface area contributed by atoms with Gasteiger partial charge in [0.1, 0.15) is 30.0 Å². The highest BCUT2D eigenvalue weighted by molar-refractivity contribution is 7.92. The molecule has 0 radical (unpaired) electrons. The second-order valence-corrected chi connectivity index (χ2v) is 11.7. The second kappa shape index (κ2) is 12.3. The highest BCUT2D eigenvalue weighted by Crippen LogP contribution is 2.39. The molecule has 3 rings (SSSR count). The maximum atomic E-state index is 13.4. The molecule has 0 spiro atoms. The monoisotopic (exact) mass is 506 g/mol. The quantitative estimate of drug-likeness (QED) is 0.256. The van der Waals surface area contributed by atoms with Crippen LogP contribution in [0.2, 0.25) is 0 Å². The molecule has 0 aliphatic carbocycles. The summed E-state index contributed by atoms with van der Waals surface area (Å²) < 4.78 is 39.6. The molecule has 3 aromatic carbocycles. The van der Waals surface area contributed by atoms with Crippen molar-refractivity contribution in [3.8, 4) is 11.5 Å². The summed E-state index contributed by atoms with van der Waals surface area (Å²) in [6.07, 6.45) is 3.55. The standard InChI is InChI=1S/C31H38O4S/c1-7-14-29-25(6)30(34-20-26-15-10-8-11-16-26)23(4)24(5)31(29)35-21-28(19-22(2)3)36(32,33)27-17-12-9-13-18-27/h8-13,15-19,28H,7,14,20-21H2,1-6H3. The molecular weight excluding hydrogens is 468 g/mol. The van der Waals surface area contributed by atoms with Gasteiger partial charge >= 0.3 is 0 Å². The third kappa shape index (κ3) is 6.38. The minimum atomic E-state index is -3.60. The lowest BCUT2D eigenvalue weighted by Gasteiger charge is -2.24. The Hall–Kier alpha value is -3.05. The lowest BCUT2D eigenvalue weighted by molar-refractivity contribution is 0.295. The third-order valence-corrected chi connectivity index (χ3v) is 8.42. The first-order valence-electron chi connectivity index (χ1n) is 12.5. The predicted molar refractivity (Wildman–Crippen MR) is 148 cm³/mol. The number of sulfone groups is 1. The fraction of sp³-hybridized carbons (Fsp3) is 0.355. The number of hydrogen-bond acceptors (Lipinski definition) is 4. The van der Waals surface area contributed by atoms with Crippen LogP contribution in [-0.4, -0.2) is 20.3 Å². The van der Waals surface area contributed by atoms with Crippen molar-refractivity contribution in [2.45, 2.75) is 71.1 Å². The van der Waals surface area contributed by atoms with E-state index in [1.165, 1.54) is 0 Å². The van der Waals surface area contributed by atoms with Crippen molar-refractivity contribution >= 4 is 9.84 Å². The zero-order chi connectivity index (χ0) is 26.3. The van der Waals surface area contributed by atoms with Gasteiger partial charge in [0.05, 0.1) is 4.90 Å². The molecule has 0 bridgehead atoms. The van der Waals surface area contributed by atoms with Gasteiger partial charge in [0.25, 0.3) is 0 Å². The normalized spacial score (nSPS) is 12.2. The molecule has 0 aliphatic heterocycles. The van der Waals surface area contributed by atoms with Gasteiger partial charge in [-0.2, -0.15) is 0 Å². The summed E-state index contributed by atoms with van der Waals surface area (Å²) in [5, 5.41) is -0.784. The van der Waals surface area contributed by atoms with Crippen LogP contribution in [-0.2, 0) is 22.9 Å². The Balaban J connectivity index is 1.96. The molecule has 0 aromatic heterocycles. The zero-order valence-electron chi connectivity index (χ0n) is 22.3. The van der Waals surface area contributed by atoms with E-state index in [-0.39, 0.29) is 6.61 Å². The van der Waals surface area contributed by atoms with E-state index in [0.29, 0.717) is 11.5 Å². The van der Waals surface area contributed by atoms with E-state index in [1.807, 2.05) is 52.0 Å². The molecule has 0 saturated carbocycles. The molecule has 3 aromatic rings. The summed E-state index contributed by atoms with van der Waals surface area (Å²) in [5.41, 5.74) is 6.18. The second-order valence-electron chi connectivity index (χ2n) is 9.49. The Kier molecular flexibility index (Phi) is 9.38. The summed E-state index contributed by atoms with van der Waals surface area (Å²) in [6.45, 7) is 12.6. The highest BCUT2D eigenvalue weighted by atomic mass is 32.2. The average Bonchev–Trinajstić information content (AvgIpc) is 2.87. The molecule has 0 fully saturated rings. The molecular formula is C31H38O4S. The molecule has 0 N–H and O–H groups in total. The molecule has 0 heterocycles. The first-order valence-corrected chi connectivity index (χ1v) is 14.1. The Morgan fingerprint density at radius 3 is 2.00 bits per heavy atom. The minimum absolute atomic E-state index is 0.0447. The van der Waals surface area contributed by atoms with E-state index in [4.69, 9.17) is 9.47 Å². The average molecular weight is 507 g/mol. The van der Waals surface area contributed by atoms with Crippen molar-refractivity contribution in [2.75, 3.05) is 6.61 Å². The lowest BCUT2D eigenvalue weighted by atomic mass is 9.94. The first kappa shape index (κ1) is 27.5. The molecule has 0 amide bonds. The van der Waals surface area contributed by atoms with Crippen molar-refractivity contribution in [1.29, 1.82) is 0 Å². The van der Waals surface area contributed by atoms with Gasteiger partial charge in [-0.05, 0) is 75.4 Å². The van der Waals surface area contributed by atoms with Gasteiger partial charge in [-0.1, -0.05) is 73.5 Å². The molecule has 0 saturated heterocycles. The largest absolute Gasteiger partial charge is 0.491 e. The first-order chi connectivity index (χ1) is 17.2. The molecule has 1 atom stereocenters. The Labute approximate surface area is 216 Å². The summed E-state index contributed by atoms with van der Waals surface area (Å²) in [6, 6.07) is 18.7. The van der Waals surface area contributed by atoms with Gasteiger partial charge in [-0.25, -0.2) is 8.42 Å². The molecule has 36 heavy (non-hydrogen) atoms. The van der Waals surface area contributed by atoms with Crippen LogP contribution in [0.1, 0.15) is 55.0 Å². The van der Waals surface area contributed by atoms with Crippen LogP contribution in [0, 0.1) is 20.8 Å². The van der Waals surface area contributed by atoms with E-state index >= 15 is 0 Å². The van der Waals surface area contributed by atoms with E-state index < -0.39 is 15.1 Å². The van der Waals surface area contributed by atoms with Crippen LogP contribution in [0.4, 0.5) is 0 Å². The van der Waals surface area contributed by atoms with E-state index in [1.54, 1.807) is 30.3 Å².